The van der Waals surface area contributed by atoms with Crippen molar-refractivity contribution in [2.75, 3.05) is 0 Å². The van der Waals surface area contributed by atoms with Crippen molar-refractivity contribution in [3.8, 4) is 0 Å². The minimum absolute atomic E-state index is 0.0271. The largest absolute Gasteiger partial charge is 0.360 e. The smallest absolute Gasteiger partial charge is 0.184 e. The summed E-state index contributed by atoms with van der Waals surface area (Å²) in [5.41, 5.74) is 2.49. The number of H-pyrrole nitrogens is 1. The Kier molecular flexibility index (Phi) is 2.82. The van der Waals surface area contributed by atoms with Crippen molar-refractivity contribution < 1.29 is 9.18 Å². The Morgan fingerprint density at radius 2 is 2.00 bits per heavy atom. The molecular formula is C18H13FN2O. The summed E-state index contributed by atoms with van der Waals surface area (Å²) in [5.74, 6) is -0.243. The summed E-state index contributed by atoms with van der Waals surface area (Å²) < 4.78 is 15.1. The molecule has 3 nitrogen and oxygen atoms in total. The first-order valence-electron chi connectivity index (χ1n) is 7.06. The molecular weight excluding hydrogens is 279 g/mol. The maximum atomic E-state index is 13.2. The second-order valence-electron chi connectivity index (χ2n) is 5.32. The van der Waals surface area contributed by atoms with Crippen molar-refractivity contribution in [2.24, 2.45) is 0 Å². The highest BCUT2D eigenvalue weighted by molar-refractivity contribution is 6.08. The van der Waals surface area contributed by atoms with Gasteiger partial charge < -0.3 is 9.55 Å². The van der Waals surface area contributed by atoms with Crippen molar-refractivity contribution in [1.82, 2.24) is 9.55 Å². The van der Waals surface area contributed by atoms with Gasteiger partial charge >= 0.3 is 0 Å². The second-order valence-corrected chi connectivity index (χ2v) is 5.32. The van der Waals surface area contributed by atoms with Crippen LogP contribution in [0.3, 0.4) is 0 Å². The van der Waals surface area contributed by atoms with Gasteiger partial charge in [0.25, 0.3) is 0 Å². The molecule has 0 atom stereocenters. The van der Waals surface area contributed by atoms with Crippen molar-refractivity contribution in [1.29, 1.82) is 0 Å². The Morgan fingerprint density at radius 3 is 2.91 bits per heavy atom. The zero-order valence-corrected chi connectivity index (χ0v) is 11.7. The number of halogens is 1. The van der Waals surface area contributed by atoms with Crippen LogP contribution < -0.4 is 0 Å². The van der Waals surface area contributed by atoms with Crippen molar-refractivity contribution in [3.63, 3.8) is 0 Å². The van der Waals surface area contributed by atoms with Gasteiger partial charge in [-0.25, -0.2) is 4.39 Å². The molecule has 2 aromatic carbocycles. The van der Waals surface area contributed by atoms with E-state index >= 15 is 0 Å². The number of carbonyl (C=O) groups excluding carboxylic acids is 1. The summed E-state index contributed by atoms with van der Waals surface area (Å²) >= 11 is 0. The topological polar surface area (TPSA) is 37.8 Å². The molecule has 4 aromatic rings. The molecule has 0 aliphatic rings. The quantitative estimate of drug-likeness (QED) is 0.566. The lowest BCUT2D eigenvalue weighted by Gasteiger charge is -2.04. The fourth-order valence-corrected chi connectivity index (χ4v) is 2.85. The normalized spacial score (nSPS) is 11.3. The Labute approximate surface area is 126 Å². The van der Waals surface area contributed by atoms with E-state index < -0.39 is 0 Å². The Hall–Kier alpha value is -2.88. The molecule has 0 spiro atoms. The lowest BCUT2D eigenvalue weighted by Crippen LogP contribution is -2.09. The molecule has 108 valence electrons. The summed E-state index contributed by atoms with van der Waals surface area (Å²) in [6.45, 7) is 0.233. The summed E-state index contributed by atoms with van der Waals surface area (Å²) in [6.07, 6.45) is 3.56. The molecule has 0 unspecified atom stereocenters. The van der Waals surface area contributed by atoms with Crippen LogP contribution in [0.4, 0.5) is 4.39 Å². The maximum absolute atomic E-state index is 13.2. The number of aromatic amines is 1. The fraction of sp³-hybridized carbons (Fsp3) is 0.0556. The first-order valence-corrected chi connectivity index (χ1v) is 7.06. The Bertz CT molecular complexity index is 997. The second kappa shape index (κ2) is 4.84. The number of hydrogen-bond acceptors (Lipinski definition) is 1. The zero-order chi connectivity index (χ0) is 15.1. The van der Waals surface area contributed by atoms with E-state index in [-0.39, 0.29) is 18.1 Å². The molecule has 0 aliphatic heterocycles. The minimum Gasteiger partial charge on any atom is -0.360 e. The molecule has 4 heteroatoms. The predicted octanol–water partition coefficient (Wildman–Crippen LogP) is 4.14. The number of benzene rings is 2. The number of para-hydroxylation sites is 1. The Balaban J connectivity index is 1.71. The van der Waals surface area contributed by atoms with Crippen LogP contribution in [0.15, 0.2) is 60.9 Å². The fourth-order valence-electron chi connectivity index (χ4n) is 2.85. The number of Topliss-reactive ketones (excluding diaryl/α,β-unsaturated/α-hetero) is 1. The van der Waals surface area contributed by atoms with E-state index in [0.29, 0.717) is 5.56 Å². The van der Waals surface area contributed by atoms with E-state index in [1.54, 1.807) is 12.3 Å². The predicted molar refractivity (Wildman–Crippen MR) is 84.5 cm³/mol. The van der Waals surface area contributed by atoms with E-state index in [4.69, 9.17) is 0 Å². The third-order valence-corrected chi connectivity index (χ3v) is 3.94. The number of rotatable bonds is 3. The average molecular weight is 292 g/mol. The lowest BCUT2D eigenvalue weighted by atomic mass is 10.1. The van der Waals surface area contributed by atoms with Crippen LogP contribution in [0.1, 0.15) is 10.4 Å². The third kappa shape index (κ3) is 2.00. The number of aromatic nitrogens is 2. The third-order valence-electron chi connectivity index (χ3n) is 3.94. The summed E-state index contributed by atoms with van der Waals surface area (Å²) in [7, 11) is 0. The molecule has 0 saturated carbocycles. The van der Waals surface area contributed by atoms with Gasteiger partial charge in [-0.2, -0.15) is 0 Å². The highest BCUT2D eigenvalue weighted by Crippen LogP contribution is 2.21. The molecule has 2 aromatic heterocycles. The van der Waals surface area contributed by atoms with Gasteiger partial charge in [0.2, 0.25) is 0 Å². The first-order chi connectivity index (χ1) is 10.7. The van der Waals surface area contributed by atoms with Crippen LogP contribution in [-0.4, -0.2) is 15.3 Å². The molecule has 0 amide bonds. The van der Waals surface area contributed by atoms with Crippen LogP contribution in [0.2, 0.25) is 0 Å². The number of hydrogen-bond donors (Lipinski definition) is 1. The van der Waals surface area contributed by atoms with Gasteiger partial charge in [-0.3, -0.25) is 4.79 Å². The highest BCUT2D eigenvalue weighted by atomic mass is 19.1. The SMILES string of the molecule is O=C(Cn1ccc2cc(F)ccc21)c1c[nH]c2ccccc12. The summed E-state index contributed by atoms with van der Waals surface area (Å²) in [5, 5.41) is 1.72. The number of fused-ring (bicyclic) bond motifs is 2. The van der Waals surface area contributed by atoms with Gasteiger partial charge in [0.15, 0.2) is 5.78 Å². The standard InChI is InChI=1S/C18H13FN2O/c19-13-5-6-17-12(9-13)7-8-21(17)11-18(22)15-10-20-16-4-2-1-3-14(15)16/h1-10,20H,11H2. The highest BCUT2D eigenvalue weighted by Gasteiger charge is 2.13. The van der Waals surface area contributed by atoms with Crippen LogP contribution >= 0.6 is 0 Å². The molecule has 0 saturated heterocycles. The average Bonchev–Trinajstić information content (AvgIpc) is 3.11. The molecule has 22 heavy (non-hydrogen) atoms. The van der Waals surface area contributed by atoms with Gasteiger partial charge in [0.05, 0.1) is 6.54 Å². The van der Waals surface area contributed by atoms with Crippen LogP contribution in [-0.2, 0) is 6.54 Å². The van der Waals surface area contributed by atoms with E-state index in [2.05, 4.69) is 4.98 Å². The van der Waals surface area contributed by atoms with E-state index in [0.717, 1.165) is 21.8 Å². The van der Waals surface area contributed by atoms with Gasteiger partial charge in [-0.15, -0.1) is 0 Å². The molecule has 0 aliphatic carbocycles. The first kappa shape index (κ1) is 12.8. The summed E-state index contributed by atoms with van der Waals surface area (Å²) in [6, 6.07) is 14.1. The van der Waals surface area contributed by atoms with Crippen molar-refractivity contribution in [2.45, 2.75) is 6.54 Å². The number of nitrogens with one attached hydrogen (secondary N) is 1. The zero-order valence-electron chi connectivity index (χ0n) is 11.7. The molecule has 0 bridgehead atoms. The van der Waals surface area contributed by atoms with Crippen LogP contribution in [0, 0.1) is 5.82 Å². The van der Waals surface area contributed by atoms with Crippen LogP contribution in [0.5, 0.6) is 0 Å². The molecule has 4 rings (SSSR count). The molecule has 0 fully saturated rings. The van der Waals surface area contributed by atoms with Gasteiger partial charge in [-0.1, -0.05) is 18.2 Å². The van der Waals surface area contributed by atoms with Gasteiger partial charge in [-0.05, 0) is 30.3 Å². The van der Waals surface area contributed by atoms with E-state index in [9.17, 15) is 9.18 Å². The van der Waals surface area contributed by atoms with Crippen molar-refractivity contribution >= 4 is 27.6 Å². The minimum atomic E-state index is -0.270. The van der Waals surface area contributed by atoms with E-state index in [1.807, 2.05) is 41.1 Å². The Morgan fingerprint density at radius 1 is 1.14 bits per heavy atom. The molecule has 2 heterocycles. The van der Waals surface area contributed by atoms with Crippen LogP contribution in [0.25, 0.3) is 21.8 Å². The maximum Gasteiger partial charge on any atom is 0.184 e. The molecule has 1 N–H and O–H groups in total. The van der Waals surface area contributed by atoms with E-state index in [1.165, 1.54) is 12.1 Å². The number of ketones is 1. The lowest BCUT2D eigenvalue weighted by molar-refractivity contribution is 0.0975. The number of carbonyl (C=O) groups is 1. The van der Waals surface area contributed by atoms with Gasteiger partial charge in [0.1, 0.15) is 5.82 Å². The van der Waals surface area contributed by atoms with Gasteiger partial charge in [0, 0.05) is 39.8 Å². The summed E-state index contributed by atoms with van der Waals surface area (Å²) in [4.78, 5) is 15.7. The number of nitrogens with zero attached hydrogens (tertiary/aromatic N) is 1. The monoisotopic (exact) mass is 292 g/mol. The molecule has 0 radical (unpaired) electrons. The van der Waals surface area contributed by atoms with Crippen molar-refractivity contribution in [3.05, 3.63) is 72.3 Å².